The fourth-order valence-corrected chi connectivity index (χ4v) is 1.35. The topological polar surface area (TPSA) is 51.0 Å². The lowest BCUT2D eigenvalue weighted by Crippen LogP contribution is -2.12. The van der Waals surface area contributed by atoms with Gasteiger partial charge in [-0.1, -0.05) is 13.8 Å². The molecule has 80 valence electrons. The maximum Gasteiger partial charge on any atom is 0.233 e. The van der Waals surface area contributed by atoms with Gasteiger partial charge in [-0.2, -0.15) is 0 Å². The summed E-state index contributed by atoms with van der Waals surface area (Å²) < 4.78 is 5.60. The van der Waals surface area contributed by atoms with E-state index in [1.807, 2.05) is 14.0 Å². The molecule has 0 aliphatic heterocycles. The number of hydrogen-bond donors (Lipinski definition) is 1. The van der Waals surface area contributed by atoms with Gasteiger partial charge >= 0.3 is 0 Å². The average Bonchev–Trinajstić information content (AvgIpc) is 2.68. The van der Waals surface area contributed by atoms with Crippen molar-refractivity contribution in [3.8, 4) is 0 Å². The van der Waals surface area contributed by atoms with Crippen molar-refractivity contribution >= 4 is 0 Å². The first-order valence-electron chi connectivity index (χ1n) is 5.23. The minimum absolute atomic E-state index is 0.130. The normalized spacial score (nSPS) is 13.5. The summed E-state index contributed by atoms with van der Waals surface area (Å²) >= 11 is 0. The number of nitrogens with one attached hydrogen (secondary N) is 1. The summed E-state index contributed by atoms with van der Waals surface area (Å²) in [5, 5.41) is 11.2. The number of hydrogen-bond acceptors (Lipinski definition) is 4. The van der Waals surface area contributed by atoms with Crippen LogP contribution in [0, 0.1) is 0 Å². The lowest BCUT2D eigenvalue weighted by atomic mass is 10.0. The largest absolute Gasteiger partial charge is 0.423 e. The Morgan fingerprint density at radius 2 is 1.79 bits per heavy atom. The fraction of sp³-hybridized carbons (Fsp3) is 0.800. The molecule has 14 heavy (non-hydrogen) atoms. The number of rotatable bonds is 5. The molecule has 1 unspecified atom stereocenters. The monoisotopic (exact) mass is 197 g/mol. The smallest absolute Gasteiger partial charge is 0.233 e. The van der Waals surface area contributed by atoms with Crippen LogP contribution in [0.3, 0.4) is 0 Å². The van der Waals surface area contributed by atoms with Crippen LogP contribution in [0.2, 0.25) is 0 Å². The molecule has 0 bridgehead atoms. The molecule has 0 aromatic carbocycles. The van der Waals surface area contributed by atoms with Crippen LogP contribution in [-0.4, -0.2) is 17.2 Å². The fourth-order valence-electron chi connectivity index (χ4n) is 1.35. The molecule has 4 nitrogen and oxygen atoms in total. The van der Waals surface area contributed by atoms with Gasteiger partial charge in [-0.3, -0.25) is 0 Å². The van der Waals surface area contributed by atoms with Crippen molar-refractivity contribution in [2.24, 2.45) is 0 Å². The molecule has 0 radical (unpaired) electrons. The van der Waals surface area contributed by atoms with E-state index in [1.165, 1.54) is 0 Å². The summed E-state index contributed by atoms with van der Waals surface area (Å²) in [6, 6.07) is 0.130. The first-order valence-corrected chi connectivity index (χ1v) is 5.23. The Bertz CT molecular complexity index is 268. The van der Waals surface area contributed by atoms with Crippen molar-refractivity contribution in [3.63, 3.8) is 0 Å². The van der Waals surface area contributed by atoms with Gasteiger partial charge in [0, 0.05) is 5.92 Å². The Morgan fingerprint density at radius 3 is 2.29 bits per heavy atom. The molecular formula is C10H19N3O. The van der Waals surface area contributed by atoms with Gasteiger partial charge in [0.2, 0.25) is 11.8 Å². The predicted octanol–water partition coefficient (Wildman–Crippen LogP) is 2.25. The van der Waals surface area contributed by atoms with Crippen LogP contribution < -0.4 is 5.32 Å². The maximum atomic E-state index is 5.60. The van der Waals surface area contributed by atoms with Gasteiger partial charge in [0.25, 0.3) is 0 Å². The molecule has 1 aromatic rings. The van der Waals surface area contributed by atoms with Crippen LogP contribution in [-0.2, 0) is 0 Å². The Morgan fingerprint density at radius 1 is 1.21 bits per heavy atom. The molecule has 0 fully saturated rings. The summed E-state index contributed by atoms with van der Waals surface area (Å²) in [7, 11) is 1.88. The van der Waals surface area contributed by atoms with E-state index in [9.17, 15) is 0 Å². The van der Waals surface area contributed by atoms with E-state index >= 15 is 0 Å². The van der Waals surface area contributed by atoms with Crippen LogP contribution >= 0.6 is 0 Å². The molecule has 0 aliphatic carbocycles. The van der Waals surface area contributed by atoms with Crippen molar-refractivity contribution in [1.82, 2.24) is 15.5 Å². The van der Waals surface area contributed by atoms with Gasteiger partial charge in [-0.25, -0.2) is 0 Å². The third-order valence-electron chi connectivity index (χ3n) is 2.59. The standard InChI is InChI=1S/C10H19N3O/c1-5-8(6-2)10-13-12-9(14-10)7(3)11-4/h7-8,11H,5-6H2,1-4H3. The molecule has 0 spiro atoms. The summed E-state index contributed by atoms with van der Waals surface area (Å²) in [4.78, 5) is 0. The second-order valence-electron chi connectivity index (χ2n) is 3.50. The summed E-state index contributed by atoms with van der Waals surface area (Å²) in [6.45, 7) is 6.28. The molecule has 1 rings (SSSR count). The highest BCUT2D eigenvalue weighted by atomic mass is 16.4. The highest BCUT2D eigenvalue weighted by Crippen LogP contribution is 2.22. The van der Waals surface area contributed by atoms with Gasteiger partial charge in [-0.15, -0.1) is 10.2 Å². The van der Waals surface area contributed by atoms with E-state index in [2.05, 4.69) is 29.4 Å². The van der Waals surface area contributed by atoms with Crippen LogP contribution in [0.4, 0.5) is 0 Å². The van der Waals surface area contributed by atoms with Gasteiger partial charge in [0.1, 0.15) is 0 Å². The first-order chi connectivity index (χ1) is 6.72. The molecule has 4 heteroatoms. The number of aromatic nitrogens is 2. The number of nitrogens with zero attached hydrogens (tertiary/aromatic N) is 2. The van der Waals surface area contributed by atoms with Gasteiger partial charge in [0.05, 0.1) is 6.04 Å². The Balaban J connectivity index is 2.76. The van der Waals surface area contributed by atoms with E-state index < -0.39 is 0 Å². The molecule has 0 amide bonds. The van der Waals surface area contributed by atoms with E-state index in [-0.39, 0.29) is 6.04 Å². The molecule has 0 saturated carbocycles. The second kappa shape index (κ2) is 5.10. The van der Waals surface area contributed by atoms with E-state index in [1.54, 1.807) is 0 Å². The molecular weight excluding hydrogens is 178 g/mol. The summed E-state index contributed by atoms with van der Waals surface area (Å²) in [6.07, 6.45) is 2.10. The van der Waals surface area contributed by atoms with E-state index in [0.29, 0.717) is 11.8 Å². The third-order valence-corrected chi connectivity index (χ3v) is 2.59. The Kier molecular flexibility index (Phi) is 4.07. The lowest BCUT2D eigenvalue weighted by Gasteiger charge is -2.06. The SMILES string of the molecule is CCC(CC)c1nnc(C(C)NC)o1. The Labute approximate surface area is 85.1 Å². The molecule has 0 aliphatic rings. The highest BCUT2D eigenvalue weighted by Gasteiger charge is 2.17. The van der Waals surface area contributed by atoms with E-state index in [4.69, 9.17) is 4.42 Å². The summed E-state index contributed by atoms with van der Waals surface area (Å²) in [5.74, 6) is 1.85. The first kappa shape index (κ1) is 11.2. The minimum Gasteiger partial charge on any atom is -0.423 e. The zero-order chi connectivity index (χ0) is 10.6. The van der Waals surface area contributed by atoms with Crippen LogP contribution in [0.25, 0.3) is 0 Å². The zero-order valence-corrected chi connectivity index (χ0v) is 9.37. The molecule has 1 atom stereocenters. The molecule has 1 N–H and O–H groups in total. The van der Waals surface area contributed by atoms with Gasteiger partial charge in [-0.05, 0) is 26.8 Å². The van der Waals surface area contributed by atoms with Gasteiger partial charge in [0.15, 0.2) is 0 Å². The Hall–Kier alpha value is -0.900. The molecule has 0 saturated heterocycles. The minimum atomic E-state index is 0.130. The quantitative estimate of drug-likeness (QED) is 0.786. The van der Waals surface area contributed by atoms with Crippen LogP contribution in [0.1, 0.15) is 57.4 Å². The zero-order valence-electron chi connectivity index (χ0n) is 9.37. The van der Waals surface area contributed by atoms with Crippen LogP contribution in [0.15, 0.2) is 4.42 Å². The van der Waals surface area contributed by atoms with Crippen molar-refractivity contribution in [2.75, 3.05) is 7.05 Å². The highest BCUT2D eigenvalue weighted by molar-refractivity contribution is 4.93. The second-order valence-corrected chi connectivity index (χ2v) is 3.50. The molecule has 1 heterocycles. The van der Waals surface area contributed by atoms with Gasteiger partial charge < -0.3 is 9.73 Å². The average molecular weight is 197 g/mol. The maximum absolute atomic E-state index is 5.60. The third kappa shape index (κ3) is 2.32. The van der Waals surface area contributed by atoms with Crippen molar-refractivity contribution in [3.05, 3.63) is 11.8 Å². The molecule has 1 aromatic heterocycles. The lowest BCUT2D eigenvalue weighted by molar-refractivity contribution is 0.375. The predicted molar refractivity (Wildman–Crippen MR) is 55.1 cm³/mol. The van der Waals surface area contributed by atoms with E-state index in [0.717, 1.165) is 18.7 Å². The van der Waals surface area contributed by atoms with Crippen LogP contribution in [0.5, 0.6) is 0 Å². The van der Waals surface area contributed by atoms with Crippen molar-refractivity contribution in [1.29, 1.82) is 0 Å². The summed E-state index contributed by atoms with van der Waals surface area (Å²) in [5.41, 5.74) is 0. The van der Waals surface area contributed by atoms with Crippen molar-refractivity contribution < 1.29 is 4.42 Å². The van der Waals surface area contributed by atoms with Crippen molar-refractivity contribution in [2.45, 2.75) is 45.6 Å².